The molecule has 1 heterocycles. The molecule has 0 radical (unpaired) electrons. The highest BCUT2D eigenvalue weighted by Crippen LogP contribution is 2.20. The van der Waals surface area contributed by atoms with Crippen molar-refractivity contribution < 1.29 is 9.18 Å². The van der Waals surface area contributed by atoms with Crippen LogP contribution in [0.25, 0.3) is 0 Å². The summed E-state index contributed by atoms with van der Waals surface area (Å²) in [4.78, 5) is 11.8. The van der Waals surface area contributed by atoms with E-state index in [-0.39, 0.29) is 16.4 Å². The quantitative estimate of drug-likeness (QED) is 0.875. The van der Waals surface area contributed by atoms with E-state index in [1.165, 1.54) is 23.0 Å². The lowest BCUT2D eigenvalue weighted by molar-refractivity contribution is 0.102. The van der Waals surface area contributed by atoms with E-state index in [1.54, 1.807) is 7.05 Å². The first kappa shape index (κ1) is 12.4. The fourth-order valence-electron chi connectivity index (χ4n) is 1.39. The Bertz CT molecular complexity index is 611. The summed E-state index contributed by atoms with van der Waals surface area (Å²) in [5.41, 5.74) is 6.18. The number of carbonyl (C=O) groups is 1. The minimum atomic E-state index is -0.603. The maximum absolute atomic E-state index is 13.2. The number of nitrogen functional groups attached to an aromatic ring is 1. The van der Waals surface area contributed by atoms with Gasteiger partial charge in [-0.2, -0.15) is 5.10 Å². The van der Waals surface area contributed by atoms with Gasteiger partial charge in [0.1, 0.15) is 17.2 Å². The van der Waals surface area contributed by atoms with Gasteiger partial charge in [-0.3, -0.25) is 9.48 Å². The molecule has 1 aromatic heterocycles. The highest BCUT2D eigenvalue weighted by molar-refractivity contribution is 6.30. The third-order valence-corrected chi connectivity index (χ3v) is 2.71. The van der Waals surface area contributed by atoms with Gasteiger partial charge in [-0.05, 0) is 18.2 Å². The Morgan fingerprint density at radius 2 is 2.28 bits per heavy atom. The summed E-state index contributed by atoms with van der Waals surface area (Å²) in [6, 6.07) is 3.99. The highest BCUT2D eigenvalue weighted by Gasteiger charge is 2.14. The van der Waals surface area contributed by atoms with E-state index in [9.17, 15) is 9.18 Å². The molecule has 2 aromatic rings. The van der Waals surface area contributed by atoms with Gasteiger partial charge in [-0.25, -0.2) is 4.39 Å². The molecule has 0 fully saturated rings. The summed E-state index contributed by atoms with van der Waals surface area (Å²) >= 11 is 5.54. The molecule has 1 amide bonds. The molecule has 0 bridgehead atoms. The van der Waals surface area contributed by atoms with Gasteiger partial charge in [-0.15, -0.1) is 0 Å². The van der Waals surface area contributed by atoms with E-state index in [1.807, 2.05) is 0 Å². The van der Waals surface area contributed by atoms with Crippen LogP contribution in [-0.2, 0) is 7.05 Å². The number of aromatic nitrogens is 2. The number of nitrogens with two attached hydrogens (primary N) is 1. The minimum Gasteiger partial charge on any atom is -0.383 e. The number of rotatable bonds is 2. The number of nitrogens with zero attached hydrogens (tertiary/aromatic N) is 2. The molecule has 0 aliphatic heterocycles. The van der Waals surface area contributed by atoms with Crippen LogP contribution in [0.15, 0.2) is 24.4 Å². The average Bonchev–Trinajstić information content (AvgIpc) is 2.65. The number of amides is 1. The topological polar surface area (TPSA) is 72.9 Å². The van der Waals surface area contributed by atoms with Crippen molar-refractivity contribution in [2.24, 2.45) is 7.05 Å². The predicted molar refractivity (Wildman–Crippen MR) is 67.0 cm³/mol. The van der Waals surface area contributed by atoms with Crippen LogP contribution in [0.2, 0.25) is 5.02 Å². The Labute approximate surface area is 107 Å². The molecule has 0 saturated carbocycles. The predicted octanol–water partition coefficient (Wildman–Crippen LogP) is 2.05. The second-order valence-electron chi connectivity index (χ2n) is 3.65. The van der Waals surface area contributed by atoms with Gasteiger partial charge in [0.05, 0.1) is 11.2 Å². The zero-order valence-electron chi connectivity index (χ0n) is 9.45. The third-order valence-electron chi connectivity index (χ3n) is 2.41. The van der Waals surface area contributed by atoms with Gasteiger partial charge in [0, 0.05) is 12.7 Å². The number of carbonyl (C=O) groups excluding carboxylic acids is 1. The molecule has 0 unspecified atom stereocenters. The molecule has 0 aliphatic carbocycles. The van der Waals surface area contributed by atoms with Crippen LogP contribution in [-0.4, -0.2) is 15.7 Å². The fraction of sp³-hybridized carbons (Fsp3) is 0.0909. The number of benzene rings is 1. The number of aryl methyl sites for hydroxylation is 1. The lowest BCUT2D eigenvalue weighted by atomic mass is 10.2. The largest absolute Gasteiger partial charge is 0.383 e. The normalized spacial score (nSPS) is 10.4. The standard InChI is InChI=1S/C11H10ClFN4O/c1-17-10(14)7(5-15-17)11(18)16-6-2-3-8(12)9(13)4-6/h2-5H,14H2,1H3,(H,16,18). The first-order chi connectivity index (χ1) is 8.49. The monoisotopic (exact) mass is 268 g/mol. The highest BCUT2D eigenvalue weighted by atomic mass is 35.5. The van der Waals surface area contributed by atoms with E-state index in [2.05, 4.69) is 10.4 Å². The summed E-state index contributed by atoms with van der Waals surface area (Å²) in [5, 5.41) is 6.35. The van der Waals surface area contributed by atoms with Crippen molar-refractivity contribution in [1.29, 1.82) is 0 Å². The maximum Gasteiger partial charge on any atom is 0.261 e. The Morgan fingerprint density at radius 1 is 1.56 bits per heavy atom. The fourth-order valence-corrected chi connectivity index (χ4v) is 1.51. The maximum atomic E-state index is 13.2. The molecular formula is C11H10ClFN4O. The van der Waals surface area contributed by atoms with Gasteiger partial charge in [0.25, 0.3) is 5.91 Å². The lowest BCUT2D eigenvalue weighted by Gasteiger charge is -2.05. The molecule has 0 saturated heterocycles. The van der Waals surface area contributed by atoms with Crippen LogP contribution >= 0.6 is 11.6 Å². The van der Waals surface area contributed by atoms with Crippen molar-refractivity contribution in [2.45, 2.75) is 0 Å². The first-order valence-corrected chi connectivity index (χ1v) is 5.40. The smallest absolute Gasteiger partial charge is 0.261 e. The van der Waals surface area contributed by atoms with E-state index in [4.69, 9.17) is 17.3 Å². The van der Waals surface area contributed by atoms with Gasteiger partial charge < -0.3 is 11.1 Å². The molecule has 5 nitrogen and oxygen atoms in total. The Hall–Kier alpha value is -2.08. The van der Waals surface area contributed by atoms with Gasteiger partial charge in [-0.1, -0.05) is 11.6 Å². The second-order valence-corrected chi connectivity index (χ2v) is 4.06. The summed E-state index contributed by atoms with van der Waals surface area (Å²) in [6.07, 6.45) is 1.34. The van der Waals surface area contributed by atoms with E-state index in [0.717, 1.165) is 6.07 Å². The zero-order valence-corrected chi connectivity index (χ0v) is 10.2. The van der Waals surface area contributed by atoms with Crippen LogP contribution < -0.4 is 11.1 Å². The minimum absolute atomic E-state index is 0.00566. The Balaban J connectivity index is 2.21. The molecule has 7 heteroatoms. The molecular weight excluding hydrogens is 259 g/mol. The first-order valence-electron chi connectivity index (χ1n) is 5.03. The SMILES string of the molecule is Cn1ncc(C(=O)Nc2ccc(Cl)c(F)c2)c1N. The summed E-state index contributed by atoms with van der Waals surface area (Å²) < 4.78 is 14.6. The summed E-state index contributed by atoms with van der Waals surface area (Å²) in [5.74, 6) is -0.821. The number of anilines is 2. The van der Waals surface area contributed by atoms with Gasteiger partial charge in [0.15, 0.2) is 0 Å². The number of halogens is 2. The number of hydrogen-bond donors (Lipinski definition) is 2. The second kappa shape index (κ2) is 4.66. The number of nitrogens with one attached hydrogen (secondary N) is 1. The number of hydrogen-bond acceptors (Lipinski definition) is 3. The molecule has 3 N–H and O–H groups in total. The van der Waals surface area contributed by atoms with E-state index < -0.39 is 11.7 Å². The summed E-state index contributed by atoms with van der Waals surface area (Å²) in [6.45, 7) is 0. The van der Waals surface area contributed by atoms with Crippen LogP contribution in [0.5, 0.6) is 0 Å². The van der Waals surface area contributed by atoms with E-state index >= 15 is 0 Å². The Kier molecular flexibility index (Phi) is 3.20. The molecule has 2 rings (SSSR count). The lowest BCUT2D eigenvalue weighted by Crippen LogP contribution is -2.13. The molecule has 1 aromatic carbocycles. The summed E-state index contributed by atoms with van der Waals surface area (Å²) in [7, 11) is 1.62. The van der Waals surface area contributed by atoms with Gasteiger partial charge in [0.2, 0.25) is 0 Å². The van der Waals surface area contributed by atoms with Crippen LogP contribution in [0.1, 0.15) is 10.4 Å². The molecule has 94 valence electrons. The molecule has 0 aliphatic rings. The van der Waals surface area contributed by atoms with Crippen molar-refractivity contribution in [3.8, 4) is 0 Å². The van der Waals surface area contributed by atoms with E-state index in [0.29, 0.717) is 5.69 Å². The van der Waals surface area contributed by atoms with Crippen LogP contribution in [0.3, 0.4) is 0 Å². The molecule has 18 heavy (non-hydrogen) atoms. The third kappa shape index (κ3) is 2.28. The van der Waals surface area contributed by atoms with Crippen molar-refractivity contribution in [3.63, 3.8) is 0 Å². The van der Waals surface area contributed by atoms with Crippen molar-refractivity contribution >= 4 is 29.0 Å². The van der Waals surface area contributed by atoms with Crippen LogP contribution in [0.4, 0.5) is 15.9 Å². The van der Waals surface area contributed by atoms with Crippen molar-refractivity contribution in [3.05, 3.63) is 40.8 Å². The van der Waals surface area contributed by atoms with Gasteiger partial charge >= 0.3 is 0 Å². The Morgan fingerprint density at radius 3 is 2.83 bits per heavy atom. The van der Waals surface area contributed by atoms with Crippen LogP contribution in [0, 0.1) is 5.82 Å². The van der Waals surface area contributed by atoms with Crippen molar-refractivity contribution in [2.75, 3.05) is 11.1 Å². The molecule has 0 spiro atoms. The molecule has 0 atom stereocenters. The zero-order chi connectivity index (χ0) is 13.3. The average molecular weight is 269 g/mol. The van der Waals surface area contributed by atoms with Crippen molar-refractivity contribution in [1.82, 2.24) is 9.78 Å².